The molecule has 1 fully saturated rings. The molecule has 0 aliphatic carbocycles. The minimum atomic E-state index is -0.367. The van der Waals surface area contributed by atoms with E-state index in [9.17, 15) is 4.39 Å². The summed E-state index contributed by atoms with van der Waals surface area (Å²) in [6, 6.07) is 1.29. The molecule has 0 spiro atoms. The molecule has 0 bridgehead atoms. The summed E-state index contributed by atoms with van der Waals surface area (Å²) in [6.07, 6.45) is 2.44. The zero-order chi connectivity index (χ0) is 11.8. The van der Waals surface area contributed by atoms with Gasteiger partial charge < -0.3 is 10.6 Å². The van der Waals surface area contributed by atoms with Crippen LogP contribution in [0.1, 0.15) is 13.3 Å². The van der Waals surface area contributed by atoms with Gasteiger partial charge in [0.2, 0.25) is 0 Å². The lowest BCUT2D eigenvalue weighted by Crippen LogP contribution is -2.31. The summed E-state index contributed by atoms with van der Waals surface area (Å²) < 4.78 is 13.6. The van der Waals surface area contributed by atoms with Crippen LogP contribution in [0.2, 0.25) is 5.02 Å². The van der Waals surface area contributed by atoms with Gasteiger partial charge in [-0.1, -0.05) is 18.5 Å². The third kappa shape index (κ3) is 2.13. The Morgan fingerprint density at radius 2 is 2.44 bits per heavy atom. The first-order chi connectivity index (χ1) is 7.54. The number of hydrogen-bond acceptors (Lipinski definition) is 3. The summed E-state index contributed by atoms with van der Waals surface area (Å²) in [4.78, 5) is 5.97. The molecule has 0 aromatic carbocycles. The van der Waals surface area contributed by atoms with Crippen LogP contribution in [0.25, 0.3) is 0 Å². The standard InChI is InChI=1S/C11H15ClFN3/c1-11(6-14)2-3-16(7-11)10-9(13)4-8(12)5-15-10/h4-5H,2-3,6-7,14H2,1H3. The number of halogens is 2. The molecule has 3 nitrogen and oxygen atoms in total. The van der Waals surface area contributed by atoms with Crippen molar-refractivity contribution in [2.24, 2.45) is 11.1 Å². The van der Waals surface area contributed by atoms with E-state index in [2.05, 4.69) is 11.9 Å². The summed E-state index contributed by atoms with van der Waals surface area (Å²) >= 11 is 5.67. The Morgan fingerprint density at radius 3 is 3.00 bits per heavy atom. The van der Waals surface area contributed by atoms with Gasteiger partial charge in [-0.15, -0.1) is 0 Å². The van der Waals surface area contributed by atoms with Gasteiger partial charge in [-0.3, -0.25) is 0 Å². The van der Waals surface area contributed by atoms with Crippen molar-refractivity contribution >= 4 is 17.4 Å². The van der Waals surface area contributed by atoms with Gasteiger partial charge in [-0.25, -0.2) is 9.37 Å². The molecule has 2 heterocycles. The Bertz CT molecular complexity index is 399. The molecule has 16 heavy (non-hydrogen) atoms. The van der Waals surface area contributed by atoms with Crippen LogP contribution in [0.5, 0.6) is 0 Å². The SMILES string of the molecule is CC1(CN)CCN(c2ncc(Cl)cc2F)C1. The van der Waals surface area contributed by atoms with Crippen molar-refractivity contribution in [2.75, 3.05) is 24.5 Å². The van der Waals surface area contributed by atoms with Crippen molar-refractivity contribution in [3.63, 3.8) is 0 Å². The Hall–Kier alpha value is -0.870. The van der Waals surface area contributed by atoms with Crippen LogP contribution >= 0.6 is 11.6 Å². The molecule has 1 aliphatic heterocycles. The lowest BCUT2D eigenvalue weighted by molar-refractivity contribution is 0.383. The molecule has 1 atom stereocenters. The predicted octanol–water partition coefficient (Wildman–Crippen LogP) is 2.05. The second kappa shape index (κ2) is 4.18. The first-order valence-corrected chi connectivity index (χ1v) is 5.68. The first-order valence-electron chi connectivity index (χ1n) is 5.30. The van der Waals surface area contributed by atoms with Crippen molar-refractivity contribution < 1.29 is 4.39 Å². The van der Waals surface area contributed by atoms with Gasteiger partial charge in [0.25, 0.3) is 0 Å². The molecule has 0 amide bonds. The number of anilines is 1. The van der Waals surface area contributed by atoms with E-state index in [-0.39, 0.29) is 11.2 Å². The minimum absolute atomic E-state index is 0.0633. The summed E-state index contributed by atoms with van der Waals surface area (Å²) in [6.45, 7) is 4.26. The molecule has 0 radical (unpaired) electrons. The second-order valence-corrected chi connectivity index (χ2v) is 5.08. The number of pyridine rings is 1. The molecule has 1 aromatic heterocycles. The molecule has 1 saturated heterocycles. The quantitative estimate of drug-likeness (QED) is 0.865. The number of nitrogens with two attached hydrogens (primary N) is 1. The van der Waals surface area contributed by atoms with Gasteiger partial charge >= 0.3 is 0 Å². The Kier molecular flexibility index (Phi) is 3.04. The maximum Gasteiger partial charge on any atom is 0.167 e. The molecule has 88 valence electrons. The van der Waals surface area contributed by atoms with Gasteiger partial charge in [-0.2, -0.15) is 0 Å². The molecule has 1 unspecified atom stereocenters. The molecular formula is C11H15ClFN3. The summed E-state index contributed by atoms with van der Waals surface area (Å²) in [7, 11) is 0. The highest BCUT2D eigenvalue weighted by atomic mass is 35.5. The van der Waals surface area contributed by atoms with E-state index in [0.29, 0.717) is 17.4 Å². The summed E-state index contributed by atoms with van der Waals surface area (Å²) in [5, 5.41) is 0.321. The van der Waals surface area contributed by atoms with Crippen LogP contribution in [0, 0.1) is 11.2 Å². The topological polar surface area (TPSA) is 42.1 Å². The van der Waals surface area contributed by atoms with Crippen LogP contribution in [0.3, 0.4) is 0 Å². The van der Waals surface area contributed by atoms with Crippen LogP contribution in [-0.4, -0.2) is 24.6 Å². The highest BCUT2D eigenvalue weighted by Crippen LogP contribution is 2.32. The number of rotatable bonds is 2. The molecule has 2 N–H and O–H groups in total. The van der Waals surface area contributed by atoms with E-state index >= 15 is 0 Å². The Balaban J connectivity index is 2.21. The highest BCUT2D eigenvalue weighted by Gasteiger charge is 2.34. The highest BCUT2D eigenvalue weighted by molar-refractivity contribution is 6.30. The lowest BCUT2D eigenvalue weighted by atomic mass is 9.90. The summed E-state index contributed by atoms with van der Waals surface area (Å²) in [5.74, 6) is 0.00958. The largest absolute Gasteiger partial charge is 0.354 e. The predicted molar refractivity (Wildman–Crippen MR) is 63.2 cm³/mol. The fourth-order valence-electron chi connectivity index (χ4n) is 2.01. The van der Waals surface area contributed by atoms with E-state index in [1.165, 1.54) is 12.3 Å². The maximum absolute atomic E-state index is 13.6. The van der Waals surface area contributed by atoms with Gasteiger partial charge in [0.1, 0.15) is 0 Å². The van der Waals surface area contributed by atoms with Crippen LogP contribution in [0.15, 0.2) is 12.3 Å². The van der Waals surface area contributed by atoms with Crippen molar-refractivity contribution in [2.45, 2.75) is 13.3 Å². The van der Waals surface area contributed by atoms with Crippen molar-refractivity contribution in [1.82, 2.24) is 4.98 Å². The third-order valence-corrected chi connectivity index (χ3v) is 3.35. The van der Waals surface area contributed by atoms with E-state index in [0.717, 1.165) is 19.5 Å². The van der Waals surface area contributed by atoms with Crippen molar-refractivity contribution in [3.05, 3.63) is 23.1 Å². The fraction of sp³-hybridized carbons (Fsp3) is 0.545. The van der Waals surface area contributed by atoms with Gasteiger partial charge in [0, 0.05) is 19.3 Å². The zero-order valence-electron chi connectivity index (χ0n) is 9.21. The van der Waals surface area contributed by atoms with Crippen LogP contribution in [0.4, 0.5) is 10.2 Å². The van der Waals surface area contributed by atoms with E-state index in [1.807, 2.05) is 4.90 Å². The van der Waals surface area contributed by atoms with Crippen LogP contribution in [-0.2, 0) is 0 Å². The third-order valence-electron chi connectivity index (χ3n) is 3.14. The fourth-order valence-corrected chi connectivity index (χ4v) is 2.16. The minimum Gasteiger partial charge on any atom is -0.354 e. The average Bonchev–Trinajstić information content (AvgIpc) is 2.62. The lowest BCUT2D eigenvalue weighted by Gasteiger charge is -2.23. The molecule has 1 aromatic rings. The van der Waals surface area contributed by atoms with Gasteiger partial charge in [-0.05, 0) is 24.4 Å². The normalized spacial score (nSPS) is 25.1. The Morgan fingerprint density at radius 1 is 1.69 bits per heavy atom. The monoisotopic (exact) mass is 243 g/mol. The molecule has 1 aliphatic rings. The van der Waals surface area contributed by atoms with E-state index in [1.54, 1.807) is 0 Å². The Labute approximate surface area is 99.4 Å². The maximum atomic E-state index is 13.6. The zero-order valence-corrected chi connectivity index (χ0v) is 9.97. The molecule has 2 rings (SSSR count). The second-order valence-electron chi connectivity index (χ2n) is 4.65. The van der Waals surface area contributed by atoms with Crippen molar-refractivity contribution in [3.8, 4) is 0 Å². The molecular weight excluding hydrogens is 229 g/mol. The van der Waals surface area contributed by atoms with Gasteiger partial charge in [0.15, 0.2) is 11.6 Å². The van der Waals surface area contributed by atoms with E-state index < -0.39 is 0 Å². The smallest absolute Gasteiger partial charge is 0.167 e. The summed E-state index contributed by atoms with van der Waals surface area (Å²) in [5.41, 5.74) is 5.77. The molecule has 0 saturated carbocycles. The number of nitrogens with zero attached hydrogens (tertiary/aromatic N) is 2. The average molecular weight is 244 g/mol. The van der Waals surface area contributed by atoms with Gasteiger partial charge in [0.05, 0.1) is 5.02 Å². The first kappa shape index (κ1) is 11.6. The van der Waals surface area contributed by atoms with Crippen molar-refractivity contribution in [1.29, 1.82) is 0 Å². The number of hydrogen-bond donors (Lipinski definition) is 1. The van der Waals surface area contributed by atoms with Crippen LogP contribution < -0.4 is 10.6 Å². The molecule has 5 heteroatoms. The van der Waals surface area contributed by atoms with E-state index in [4.69, 9.17) is 17.3 Å². The number of aromatic nitrogens is 1.